The Kier molecular flexibility index (Phi) is 3.53. The Morgan fingerprint density at radius 3 is 3.00 bits per heavy atom. The first kappa shape index (κ1) is 12.6. The van der Waals surface area contributed by atoms with E-state index < -0.39 is 0 Å². The minimum Gasteiger partial charge on any atom is -0.380 e. The van der Waals surface area contributed by atoms with Gasteiger partial charge in [-0.2, -0.15) is 0 Å². The Bertz CT molecular complexity index is 558. The molecule has 2 aromatic heterocycles. The average molecular weight is 259 g/mol. The molecule has 0 saturated heterocycles. The summed E-state index contributed by atoms with van der Waals surface area (Å²) in [5.41, 5.74) is 8.60. The Balaban J connectivity index is 2.02. The molecule has 1 unspecified atom stereocenters. The number of pyridine rings is 1. The Labute approximate surface area is 113 Å². The predicted octanol–water partition coefficient (Wildman–Crippen LogP) is 2.83. The number of aromatic nitrogens is 2. The van der Waals surface area contributed by atoms with Crippen LogP contribution in [0, 0.1) is 5.92 Å². The van der Waals surface area contributed by atoms with Gasteiger partial charge in [0.2, 0.25) is 0 Å². The molecule has 0 spiro atoms. The van der Waals surface area contributed by atoms with E-state index in [1.54, 1.807) is 7.11 Å². The highest BCUT2D eigenvalue weighted by Crippen LogP contribution is 2.33. The third kappa shape index (κ3) is 2.26. The maximum absolute atomic E-state index is 6.46. The fraction of sp³-hybridized carbons (Fsp3) is 0.533. The van der Waals surface area contributed by atoms with Gasteiger partial charge in [0.1, 0.15) is 5.65 Å². The van der Waals surface area contributed by atoms with Crippen LogP contribution < -0.4 is 5.73 Å². The number of methoxy groups -OCH3 is 1. The lowest BCUT2D eigenvalue weighted by molar-refractivity contribution is 0.185. The largest absolute Gasteiger partial charge is 0.380 e. The molecule has 1 fully saturated rings. The SMILES string of the molecule is COCc1cn(C(N)C2CCCC2)c2ncccc12. The first-order valence-corrected chi connectivity index (χ1v) is 7.00. The molecule has 4 heteroatoms. The summed E-state index contributed by atoms with van der Waals surface area (Å²) in [6.07, 6.45) is 9.04. The van der Waals surface area contributed by atoms with Gasteiger partial charge in [-0.25, -0.2) is 4.98 Å². The van der Waals surface area contributed by atoms with Crippen molar-refractivity contribution in [3.05, 3.63) is 30.1 Å². The molecule has 1 atom stereocenters. The molecular formula is C15H21N3O. The zero-order valence-electron chi connectivity index (χ0n) is 11.4. The summed E-state index contributed by atoms with van der Waals surface area (Å²) in [6, 6.07) is 4.06. The van der Waals surface area contributed by atoms with Crippen LogP contribution in [0.2, 0.25) is 0 Å². The summed E-state index contributed by atoms with van der Waals surface area (Å²) in [4.78, 5) is 4.50. The summed E-state index contributed by atoms with van der Waals surface area (Å²) < 4.78 is 7.41. The minimum atomic E-state index is 0.0329. The van der Waals surface area contributed by atoms with E-state index in [0.717, 1.165) is 11.0 Å². The van der Waals surface area contributed by atoms with E-state index >= 15 is 0 Å². The van der Waals surface area contributed by atoms with Crippen molar-refractivity contribution >= 4 is 11.0 Å². The van der Waals surface area contributed by atoms with Crippen LogP contribution in [-0.4, -0.2) is 16.7 Å². The van der Waals surface area contributed by atoms with Crippen molar-refractivity contribution in [2.75, 3.05) is 7.11 Å². The van der Waals surface area contributed by atoms with Crippen molar-refractivity contribution in [3.63, 3.8) is 0 Å². The fourth-order valence-corrected chi connectivity index (χ4v) is 3.18. The molecule has 2 heterocycles. The van der Waals surface area contributed by atoms with Crippen molar-refractivity contribution in [3.8, 4) is 0 Å². The van der Waals surface area contributed by atoms with Crippen LogP contribution in [0.3, 0.4) is 0 Å². The number of hydrogen-bond donors (Lipinski definition) is 1. The number of nitrogens with two attached hydrogens (primary N) is 1. The van der Waals surface area contributed by atoms with Crippen molar-refractivity contribution in [1.29, 1.82) is 0 Å². The van der Waals surface area contributed by atoms with Gasteiger partial charge in [0, 0.05) is 30.5 Å². The molecule has 19 heavy (non-hydrogen) atoms. The molecule has 1 saturated carbocycles. The second kappa shape index (κ2) is 5.31. The van der Waals surface area contributed by atoms with E-state index in [-0.39, 0.29) is 6.17 Å². The molecule has 2 N–H and O–H groups in total. The second-order valence-electron chi connectivity index (χ2n) is 5.40. The van der Waals surface area contributed by atoms with Crippen LogP contribution >= 0.6 is 0 Å². The van der Waals surface area contributed by atoms with Crippen LogP contribution in [0.5, 0.6) is 0 Å². The van der Waals surface area contributed by atoms with Crippen molar-refractivity contribution in [2.24, 2.45) is 11.7 Å². The highest BCUT2D eigenvalue weighted by molar-refractivity contribution is 5.80. The molecule has 1 aliphatic carbocycles. The van der Waals surface area contributed by atoms with E-state index in [9.17, 15) is 0 Å². The lowest BCUT2D eigenvalue weighted by Gasteiger charge is -2.21. The molecule has 0 radical (unpaired) electrons. The van der Waals surface area contributed by atoms with Crippen LogP contribution in [0.15, 0.2) is 24.5 Å². The molecule has 1 aliphatic rings. The van der Waals surface area contributed by atoms with Gasteiger partial charge >= 0.3 is 0 Å². The topological polar surface area (TPSA) is 53.1 Å². The number of rotatable bonds is 4. The first-order valence-electron chi connectivity index (χ1n) is 7.00. The first-order chi connectivity index (χ1) is 9.31. The average Bonchev–Trinajstić information content (AvgIpc) is 3.07. The molecule has 0 aliphatic heterocycles. The minimum absolute atomic E-state index is 0.0329. The molecule has 0 amide bonds. The smallest absolute Gasteiger partial charge is 0.141 e. The third-order valence-electron chi connectivity index (χ3n) is 4.18. The summed E-state index contributed by atoms with van der Waals surface area (Å²) in [7, 11) is 1.72. The van der Waals surface area contributed by atoms with Crippen LogP contribution in [0.1, 0.15) is 37.4 Å². The third-order valence-corrected chi connectivity index (χ3v) is 4.18. The van der Waals surface area contributed by atoms with E-state index in [4.69, 9.17) is 10.5 Å². The van der Waals surface area contributed by atoms with Gasteiger partial charge in [-0.1, -0.05) is 12.8 Å². The molecule has 0 aromatic carbocycles. The summed E-state index contributed by atoms with van der Waals surface area (Å²) in [5.74, 6) is 0.577. The van der Waals surface area contributed by atoms with E-state index in [1.807, 2.05) is 12.3 Å². The van der Waals surface area contributed by atoms with Gasteiger partial charge in [-0.05, 0) is 30.9 Å². The van der Waals surface area contributed by atoms with Crippen molar-refractivity contribution < 1.29 is 4.74 Å². The van der Waals surface area contributed by atoms with E-state index in [2.05, 4.69) is 21.8 Å². The van der Waals surface area contributed by atoms with E-state index in [0.29, 0.717) is 12.5 Å². The highest BCUT2D eigenvalue weighted by Gasteiger charge is 2.25. The zero-order valence-corrected chi connectivity index (χ0v) is 11.4. The summed E-state index contributed by atoms with van der Waals surface area (Å²) in [5, 5.41) is 1.15. The molecule has 3 rings (SSSR count). The molecular weight excluding hydrogens is 238 g/mol. The van der Waals surface area contributed by atoms with Crippen LogP contribution in [0.4, 0.5) is 0 Å². The highest BCUT2D eigenvalue weighted by atomic mass is 16.5. The standard InChI is InChI=1S/C15H21N3O/c1-19-10-12-9-18(14(16)11-5-2-3-6-11)15-13(12)7-4-8-17-15/h4,7-9,11,14H,2-3,5-6,10,16H2,1H3. The maximum atomic E-state index is 6.46. The van der Waals surface area contributed by atoms with Crippen LogP contribution in [0.25, 0.3) is 11.0 Å². The lowest BCUT2D eigenvalue weighted by Crippen LogP contribution is -2.25. The number of nitrogens with zero attached hydrogens (tertiary/aromatic N) is 2. The zero-order chi connectivity index (χ0) is 13.2. The van der Waals surface area contributed by atoms with Gasteiger partial charge in [0.15, 0.2) is 0 Å². The molecule has 0 bridgehead atoms. The molecule has 4 nitrogen and oxygen atoms in total. The van der Waals surface area contributed by atoms with Gasteiger partial charge < -0.3 is 15.0 Å². The lowest BCUT2D eigenvalue weighted by atomic mass is 10.1. The Hall–Kier alpha value is -1.39. The van der Waals surface area contributed by atoms with Crippen molar-refractivity contribution in [2.45, 2.75) is 38.5 Å². The summed E-state index contributed by atoms with van der Waals surface area (Å²) in [6.45, 7) is 0.604. The Morgan fingerprint density at radius 1 is 1.47 bits per heavy atom. The van der Waals surface area contributed by atoms with E-state index in [1.165, 1.54) is 31.2 Å². The van der Waals surface area contributed by atoms with Crippen LogP contribution in [-0.2, 0) is 11.3 Å². The van der Waals surface area contributed by atoms with Gasteiger partial charge in [0.25, 0.3) is 0 Å². The normalized spacial score (nSPS) is 18.2. The Morgan fingerprint density at radius 2 is 2.26 bits per heavy atom. The molecule has 2 aromatic rings. The quantitative estimate of drug-likeness (QED) is 0.918. The maximum Gasteiger partial charge on any atom is 0.141 e. The monoisotopic (exact) mass is 259 g/mol. The number of fused-ring (bicyclic) bond motifs is 1. The van der Waals surface area contributed by atoms with Gasteiger partial charge in [0.05, 0.1) is 12.8 Å². The molecule has 102 valence electrons. The number of ether oxygens (including phenoxy) is 1. The number of hydrogen-bond acceptors (Lipinski definition) is 3. The summed E-state index contributed by atoms with van der Waals surface area (Å²) >= 11 is 0. The predicted molar refractivity (Wildman–Crippen MR) is 75.6 cm³/mol. The van der Waals surface area contributed by atoms with Gasteiger partial charge in [-0.3, -0.25) is 0 Å². The van der Waals surface area contributed by atoms with Crippen molar-refractivity contribution in [1.82, 2.24) is 9.55 Å². The fourth-order valence-electron chi connectivity index (χ4n) is 3.18. The van der Waals surface area contributed by atoms with Gasteiger partial charge in [-0.15, -0.1) is 0 Å². The second-order valence-corrected chi connectivity index (χ2v) is 5.40.